The van der Waals surface area contributed by atoms with Crippen LogP contribution in [0.15, 0.2) is 11.2 Å². The lowest BCUT2D eigenvalue weighted by atomic mass is 10.4. The van der Waals surface area contributed by atoms with Gasteiger partial charge < -0.3 is 10.7 Å². The molecule has 0 fully saturated rings. The summed E-state index contributed by atoms with van der Waals surface area (Å²) < 4.78 is 35.8. The zero-order valence-corrected chi connectivity index (χ0v) is 9.82. The summed E-state index contributed by atoms with van der Waals surface area (Å²) in [5.41, 5.74) is 2.32. The zero-order valence-electron chi connectivity index (χ0n) is 9.01. The SMILES string of the molecule is CSc1nc(NN)cc(NCCC(F)(F)F)n1. The van der Waals surface area contributed by atoms with E-state index in [2.05, 4.69) is 20.7 Å². The summed E-state index contributed by atoms with van der Waals surface area (Å²) in [4.78, 5) is 7.98. The molecule has 1 heterocycles. The van der Waals surface area contributed by atoms with Crippen LogP contribution in [0.5, 0.6) is 0 Å². The lowest BCUT2D eigenvalue weighted by Crippen LogP contribution is -2.16. The normalized spacial score (nSPS) is 11.4. The lowest BCUT2D eigenvalue weighted by Gasteiger charge is -2.10. The predicted octanol–water partition coefficient (Wildman–Crippen LogP) is 1.85. The van der Waals surface area contributed by atoms with Gasteiger partial charge in [-0.25, -0.2) is 15.8 Å². The molecule has 17 heavy (non-hydrogen) atoms. The molecular formula is C8H12F3N5S. The van der Waals surface area contributed by atoms with Crippen LogP contribution in [0.2, 0.25) is 0 Å². The highest BCUT2D eigenvalue weighted by molar-refractivity contribution is 7.98. The summed E-state index contributed by atoms with van der Waals surface area (Å²) >= 11 is 1.27. The standard InChI is InChI=1S/C8H12F3N5S/c1-17-7-14-5(4-6(15-7)16-12)13-3-2-8(9,10)11/h4H,2-3,12H2,1H3,(H2,13,14,15,16). The number of nitrogens with zero attached hydrogens (tertiary/aromatic N) is 2. The Balaban J connectivity index is 2.64. The van der Waals surface area contributed by atoms with Crippen molar-refractivity contribution in [2.24, 2.45) is 5.84 Å². The number of hydrogen-bond donors (Lipinski definition) is 3. The molecule has 0 amide bonds. The van der Waals surface area contributed by atoms with Gasteiger partial charge in [-0.05, 0) is 6.26 Å². The molecule has 0 aliphatic carbocycles. The van der Waals surface area contributed by atoms with Crippen LogP contribution in [0.4, 0.5) is 24.8 Å². The Bertz CT molecular complexity index is 348. The van der Waals surface area contributed by atoms with E-state index in [-0.39, 0.29) is 6.54 Å². The minimum absolute atomic E-state index is 0.238. The Labute approximate surface area is 100 Å². The van der Waals surface area contributed by atoms with Gasteiger partial charge in [0.25, 0.3) is 0 Å². The van der Waals surface area contributed by atoms with Gasteiger partial charge in [-0.3, -0.25) is 0 Å². The maximum Gasteiger partial charge on any atom is 0.390 e. The van der Waals surface area contributed by atoms with Crippen molar-refractivity contribution in [3.05, 3.63) is 6.07 Å². The first-order valence-electron chi connectivity index (χ1n) is 4.65. The van der Waals surface area contributed by atoms with Gasteiger partial charge >= 0.3 is 6.18 Å². The number of alkyl halides is 3. The fraction of sp³-hybridized carbons (Fsp3) is 0.500. The first kappa shape index (κ1) is 13.8. The van der Waals surface area contributed by atoms with Gasteiger partial charge in [0.2, 0.25) is 0 Å². The van der Waals surface area contributed by atoms with E-state index in [9.17, 15) is 13.2 Å². The average Bonchev–Trinajstić information content (AvgIpc) is 2.26. The topological polar surface area (TPSA) is 75.9 Å². The molecule has 9 heteroatoms. The molecule has 1 aromatic heterocycles. The molecule has 0 radical (unpaired) electrons. The van der Waals surface area contributed by atoms with Gasteiger partial charge in [-0.2, -0.15) is 13.2 Å². The summed E-state index contributed by atoms with van der Waals surface area (Å²) in [5, 5.41) is 3.00. The van der Waals surface area contributed by atoms with Crippen LogP contribution >= 0.6 is 11.8 Å². The molecule has 96 valence electrons. The Kier molecular flexibility index (Phi) is 4.82. The fourth-order valence-electron chi connectivity index (χ4n) is 1.01. The van der Waals surface area contributed by atoms with E-state index in [0.29, 0.717) is 16.8 Å². The second-order valence-corrected chi connectivity index (χ2v) is 3.83. The van der Waals surface area contributed by atoms with E-state index < -0.39 is 12.6 Å². The number of hydrogen-bond acceptors (Lipinski definition) is 6. The van der Waals surface area contributed by atoms with Gasteiger partial charge in [0, 0.05) is 12.6 Å². The second kappa shape index (κ2) is 5.92. The predicted molar refractivity (Wildman–Crippen MR) is 60.8 cm³/mol. The number of nitrogens with one attached hydrogen (secondary N) is 2. The molecule has 0 unspecified atom stereocenters. The average molecular weight is 267 g/mol. The first-order valence-corrected chi connectivity index (χ1v) is 5.87. The molecule has 0 saturated heterocycles. The Hall–Kier alpha value is -1.22. The van der Waals surface area contributed by atoms with Crippen LogP contribution < -0.4 is 16.6 Å². The van der Waals surface area contributed by atoms with Crippen molar-refractivity contribution < 1.29 is 13.2 Å². The minimum Gasteiger partial charge on any atom is -0.370 e. The molecular weight excluding hydrogens is 255 g/mol. The number of nitrogens with two attached hydrogens (primary N) is 1. The monoisotopic (exact) mass is 267 g/mol. The molecule has 0 aliphatic heterocycles. The van der Waals surface area contributed by atoms with Crippen LogP contribution in [0.3, 0.4) is 0 Å². The van der Waals surface area contributed by atoms with E-state index in [1.165, 1.54) is 17.8 Å². The lowest BCUT2D eigenvalue weighted by molar-refractivity contribution is -0.131. The maximum absolute atomic E-state index is 11.9. The number of aromatic nitrogens is 2. The number of nitrogen functional groups attached to an aromatic ring is 1. The number of hydrazine groups is 1. The Morgan fingerprint density at radius 3 is 2.53 bits per heavy atom. The number of anilines is 2. The quantitative estimate of drug-likeness (QED) is 0.327. The van der Waals surface area contributed by atoms with E-state index in [4.69, 9.17) is 5.84 Å². The van der Waals surface area contributed by atoms with Crippen LogP contribution in [-0.4, -0.2) is 28.9 Å². The largest absolute Gasteiger partial charge is 0.390 e. The third kappa shape index (κ3) is 5.09. The number of rotatable bonds is 5. The summed E-state index contributed by atoms with van der Waals surface area (Å²) in [7, 11) is 0. The van der Waals surface area contributed by atoms with Crippen molar-refractivity contribution >= 4 is 23.4 Å². The zero-order chi connectivity index (χ0) is 12.9. The Morgan fingerprint density at radius 2 is 2.00 bits per heavy atom. The molecule has 0 spiro atoms. The third-order valence-electron chi connectivity index (χ3n) is 1.75. The van der Waals surface area contributed by atoms with Crippen LogP contribution in [-0.2, 0) is 0 Å². The first-order chi connectivity index (χ1) is 7.94. The molecule has 0 aliphatic rings. The molecule has 5 nitrogen and oxygen atoms in total. The summed E-state index contributed by atoms with van der Waals surface area (Å²) in [6.07, 6.45) is -3.34. The molecule has 0 atom stereocenters. The minimum atomic E-state index is -4.18. The molecule has 0 bridgehead atoms. The van der Waals surface area contributed by atoms with Gasteiger partial charge in [-0.1, -0.05) is 11.8 Å². The number of halogens is 3. The summed E-state index contributed by atoms with van der Waals surface area (Å²) in [5.74, 6) is 5.84. The number of thioether (sulfide) groups is 1. The van der Waals surface area contributed by atoms with Crippen molar-refractivity contribution in [3.63, 3.8) is 0 Å². The highest BCUT2D eigenvalue weighted by Gasteiger charge is 2.26. The van der Waals surface area contributed by atoms with Crippen LogP contribution in [0, 0.1) is 0 Å². The van der Waals surface area contributed by atoms with Crippen molar-refractivity contribution in [2.45, 2.75) is 17.8 Å². The van der Waals surface area contributed by atoms with Crippen LogP contribution in [0.25, 0.3) is 0 Å². The second-order valence-electron chi connectivity index (χ2n) is 3.06. The molecule has 0 aromatic carbocycles. The fourth-order valence-corrected chi connectivity index (χ4v) is 1.39. The van der Waals surface area contributed by atoms with Crippen molar-refractivity contribution in [2.75, 3.05) is 23.5 Å². The highest BCUT2D eigenvalue weighted by Crippen LogP contribution is 2.20. The van der Waals surface area contributed by atoms with Gasteiger partial charge in [0.15, 0.2) is 5.16 Å². The van der Waals surface area contributed by atoms with E-state index in [1.807, 2.05) is 0 Å². The third-order valence-corrected chi connectivity index (χ3v) is 2.30. The van der Waals surface area contributed by atoms with Crippen molar-refractivity contribution in [3.8, 4) is 0 Å². The molecule has 1 aromatic rings. The molecule has 4 N–H and O–H groups in total. The van der Waals surface area contributed by atoms with E-state index in [1.54, 1.807) is 6.26 Å². The van der Waals surface area contributed by atoms with Crippen molar-refractivity contribution in [1.29, 1.82) is 0 Å². The van der Waals surface area contributed by atoms with E-state index in [0.717, 1.165) is 0 Å². The summed E-state index contributed by atoms with van der Waals surface area (Å²) in [6, 6.07) is 1.44. The Morgan fingerprint density at radius 1 is 1.35 bits per heavy atom. The van der Waals surface area contributed by atoms with Gasteiger partial charge in [-0.15, -0.1) is 0 Å². The van der Waals surface area contributed by atoms with Gasteiger partial charge in [0.05, 0.1) is 6.42 Å². The van der Waals surface area contributed by atoms with E-state index >= 15 is 0 Å². The van der Waals surface area contributed by atoms with Gasteiger partial charge in [0.1, 0.15) is 11.6 Å². The molecule has 0 saturated carbocycles. The van der Waals surface area contributed by atoms with Crippen LogP contribution in [0.1, 0.15) is 6.42 Å². The maximum atomic E-state index is 11.9. The summed E-state index contributed by atoms with van der Waals surface area (Å²) in [6.45, 7) is -0.238. The smallest absolute Gasteiger partial charge is 0.370 e. The van der Waals surface area contributed by atoms with Crippen molar-refractivity contribution in [1.82, 2.24) is 9.97 Å². The molecule has 1 rings (SSSR count). The highest BCUT2D eigenvalue weighted by atomic mass is 32.2.